The Labute approximate surface area is 240 Å². The third-order valence-corrected chi connectivity index (χ3v) is 7.22. The Morgan fingerprint density at radius 1 is 1.10 bits per heavy atom. The summed E-state index contributed by atoms with van der Waals surface area (Å²) in [5, 5.41) is 12.3. The molecule has 0 bridgehead atoms. The minimum Gasteiger partial charge on any atom is -0.496 e. The molecule has 4 rings (SSSR count). The number of benzene rings is 3. The zero-order valence-corrected chi connectivity index (χ0v) is 24.4. The van der Waals surface area contributed by atoms with Crippen LogP contribution in [0.5, 0.6) is 17.2 Å². The summed E-state index contributed by atoms with van der Waals surface area (Å²) in [6.07, 6.45) is -0.643. The van der Waals surface area contributed by atoms with Gasteiger partial charge in [0.05, 0.1) is 31.0 Å². The molecule has 0 radical (unpaired) electrons. The van der Waals surface area contributed by atoms with Crippen LogP contribution in [0.4, 0.5) is 15.8 Å². The Bertz CT molecular complexity index is 1510. The molecule has 1 unspecified atom stereocenters. The van der Waals surface area contributed by atoms with Crippen molar-refractivity contribution in [1.29, 1.82) is 5.26 Å². The topological polar surface area (TPSA) is 110 Å². The molecule has 0 spiro atoms. The molecule has 3 aromatic rings. The number of fused-ring (bicyclic) bond motifs is 1. The number of ether oxygens (including phenoxy) is 3. The van der Waals surface area contributed by atoms with Crippen molar-refractivity contribution in [2.45, 2.75) is 45.4 Å². The number of hydrogen-bond donors (Lipinski definition) is 1. The molecule has 3 aromatic carbocycles. The van der Waals surface area contributed by atoms with Gasteiger partial charge in [0.25, 0.3) is 5.91 Å². The van der Waals surface area contributed by atoms with E-state index in [9.17, 15) is 13.8 Å². The summed E-state index contributed by atoms with van der Waals surface area (Å²) in [6, 6.07) is 15.4. The summed E-state index contributed by atoms with van der Waals surface area (Å²) in [7, 11) is 2.72. The van der Waals surface area contributed by atoms with Crippen molar-refractivity contribution in [2.75, 3.05) is 31.0 Å². The molecule has 1 atom stereocenters. The highest BCUT2D eigenvalue weighted by atomic mass is 31.1. The second-order valence-corrected chi connectivity index (χ2v) is 10.5. The van der Waals surface area contributed by atoms with E-state index in [0.717, 1.165) is 16.8 Å². The van der Waals surface area contributed by atoms with E-state index in [1.165, 1.54) is 19.2 Å². The molecule has 1 amide bonds. The molecule has 0 saturated heterocycles. The number of aryl methyl sites for hydroxylation is 1. The Morgan fingerprint density at radius 3 is 2.56 bits per heavy atom. The average molecular weight is 580 g/mol. The first-order valence-corrected chi connectivity index (χ1v) is 13.6. The lowest BCUT2D eigenvalue weighted by molar-refractivity contribution is -0.121. The van der Waals surface area contributed by atoms with Crippen LogP contribution in [0, 0.1) is 24.1 Å². The summed E-state index contributed by atoms with van der Waals surface area (Å²) < 4.78 is 47.5. The van der Waals surface area contributed by atoms with Crippen molar-refractivity contribution in [1.82, 2.24) is 0 Å². The van der Waals surface area contributed by atoms with Crippen LogP contribution in [0.25, 0.3) is 11.1 Å². The fraction of sp³-hybridized carbons (Fsp3) is 0.333. The van der Waals surface area contributed by atoms with Crippen LogP contribution in [-0.2, 0) is 20.5 Å². The van der Waals surface area contributed by atoms with Gasteiger partial charge in [-0.2, -0.15) is 5.26 Å². The van der Waals surface area contributed by atoms with Crippen LogP contribution in [0.15, 0.2) is 48.5 Å². The second kappa shape index (κ2) is 12.5. The van der Waals surface area contributed by atoms with Crippen molar-refractivity contribution in [3.05, 3.63) is 65.5 Å². The van der Waals surface area contributed by atoms with Crippen molar-refractivity contribution in [2.24, 2.45) is 0 Å². The van der Waals surface area contributed by atoms with E-state index in [1.807, 2.05) is 45.0 Å². The third kappa shape index (κ3) is 6.43. The fourth-order valence-corrected chi connectivity index (χ4v) is 5.03. The average Bonchev–Trinajstić information content (AvgIpc) is 2.95. The van der Waals surface area contributed by atoms with Gasteiger partial charge in [-0.1, -0.05) is 12.1 Å². The van der Waals surface area contributed by atoms with Gasteiger partial charge in [0.15, 0.2) is 0 Å². The Kier molecular flexibility index (Phi) is 9.11. The molecule has 1 aliphatic rings. The third-order valence-electron chi connectivity index (χ3n) is 6.84. The van der Waals surface area contributed by atoms with Crippen molar-refractivity contribution in [3.8, 4) is 34.4 Å². The van der Waals surface area contributed by atoms with E-state index in [0.29, 0.717) is 34.1 Å². The lowest BCUT2D eigenvalue weighted by Gasteiger charge is -2.39. The number of carbonyl (C=O) groups is 1. The van der Waals surface area contributed by atoms with Gasteiger partial charge < -0.3 is 24.4 Å². The molecule has 1 aliphatic heterocycles. The van der Waals surface area contributed by atoms with Crippen LogP contribution < -0.4 is 24.4 Å². The minimum absolute atomic E-state index is 0.0184. The Balaban J connectivity index is 1.77. The predicted octanol–water partition coefficient (Wildman–Crippen LogP) is 6.44. The van der Waals surface area contributed by atoms with E-state index in [2.05, 4.69) is 5.32 Å². The van der Waals surface area contributed by atoms with Crippen LogP contribution in [0.1, 0.15) is 31.4 Å². The first-order valence-electron chi connectivity index (χ1n) is 12.9. The number of rotatable bonds is 11. The largest absolute Gasteiger partial charge is 0.496 e. The van der Waals surface area contributed by atoms with E-state index in [4.69, 9.17) is 24.0 Å². The van der Waals surface area contributed by atoms with Gasteiger partial charge >= 0.3 is 8.69 Å². The molecule has 1 N–H and O–H groups in total. The van der Waals surface area contributed by atoms with Crippen LogP contribution in [-0.4, -0.2) is 38.3 Å². The maximum absolute atomic E-state index is 14.0. The Morgan fingerprint density at radius 2 is 1.85 bits per heavy atom. The van der Waals surface area contributed by atoms with Crippen molar-refractivity contribution in [3.63, 3.8) is 0 Å². The number of halogens is 1. The molecule has 9 nitrogen and oxygen atoms in total. The predicted molar refractivity (Wildman–Crippen MR) is 153 cm³/mol. The summed E-state index contributed by atoms with van der Waals surface area (Å²) in [5.41, 5.74) is 3.54. The summed E-state index contributed by atoms with van der Waals surface area (Å²) in [5.74, 6) is 0.817. The molecular weight excluding hydrogens is 548 g/mol. The molecule has 0 aromatic heterocycles. The van der Waals surface area contributed by atoms with Crippen LogP contribution >= 0.6 is 8.69 Å². The number of nitrogens with one attached hydrogen (secondary N) is 1. The number of hydrogen-bond acceptors (Lipinski definition) is 8. The molecule has 11 heteroatoms. The SMILES string of the molecule is COc1cc(OCC(CC#N)OP=O)ccc1-c1ccc2c(c1COc1cc(F)ccc1C)N(C)C(=O)C(C)(C)N2. The van der Waals surface area contributed by atoms with Gasteiger partial charge in [-0.25, -0.2) is 8.96 Å². The summed E-state index contributed by atoms with van der Waals surface area (Å²) >= 11 is 0. The van der Waals surface area contributed by atoms with Gasteiger partial charge in [0.2, 0.25) is 0 Å². The number of methoxy groups -OCH3 is 1. The van der Waals surface area contributed by atoms with Gasteiger partial charge in [0, 0.05) is 30.3 Å². The lowest BCUT2D eigenvalue weighted by atomic mass is 9.91. The number of anilines is 2. The summed E-state index contributed by atoms with van der Waals surface area (Å²) in [6.45, 7) is 5.54. The Hall–Kier alpha value is -4.19. The number of nitriles is 1. The quantitative estimate of drug-likeness (QED) is 0.259. The monoisotopic (exact) mass is 579 g/mol. The number of amides is 1. The zero-order valence-electron chi connectivity index (χ0n) is 23.5. The van der Waals surface area contributed by atoms with E-state index >= 15 is 0 Å². The molecule has 0 aliphatic carbocycles. The second-order valence-electron chi connectivity index (χ2n) is 10.1. The van der Waals surface area contributed by atoms with E-state index in [-0.39, 0.29) is 25.5 Å². The molecular formula is C30H31FN3O6P. The van der Waals surface area contributed by atoms with Crippen molar-refractivity contribution < 1.29 is 32.5 Å². The molecule has 0 saturated carbocycles. The maximum Gasteiger partial charge on any atom is 0.327 e. The first kappa shape index (κ1) is 29.8. The minimum atomic E-state index is -0.810. The van der Waals surface area contributed by atoms with Crippen molar-refractivity contribution >= 4 is 26.0 Å². The normalized spacial score (nSPS) is 14.6. The van der Waals surface area contributed by atoms with E-state index in [1.54, 1.807) is 30.1 Å². The van der Waals surface area contributed by atoms with Gasteiger partial charge in [-0.15, -0.1) is 0 Å². The van der Waals surface area contributed by atoms with Gasteiger partial charge in [-0.3, -0.25) is 9.32 Å². The highest BCUT2D eigenvalue weighted by molar-refractivity contribution is 7.17. The summed E-state index contributed by atoms with van der Waals surface area (Å²) in [4.78, 5) is 14.9. The van der Waals surface area contributed by atoms with Gasteiger partial charge in [-0.05, 0) is 56.2 Å². The first-order chi connectivity index (χ1) is 19.6. The molecule has 214 valence electrons. The highest BCUT2D eigenvalue weighted by Crippen LogP contribution is 2.45. The number of carbonyl (C=O) groups excluding carboxylic acids is 1. The van der Waals surface area contributed by atoms with Crippen LogP contribution in [0.3, 0.4) is 0 Å². The molecule has 0 fully saturated rings. The van der Waals surface area contributed by atoms with Gasteiger partial charge in [0.1, 0.15) is 47.9 Å². The zero-order chi connectivity index (χ0) is 29.7. The molecule has 1 heterocycles. The molecule has 41 heavy (non-hydrogen) atoms. The highest BCUT2D eigenvalue weighted by Gasteiger charge is 2.38. The lowest BCUT2D eigenvalue weighted by Crippen LogP contribution is -2.52. The number of likely N-dealkylation sites (N-methyl/N-ethyl adjacent to an activating group) is 1. The number of nitrogens with zero attached hydrogens (tertiary/aromatic N) is 2. The fourth-order valence-electron chi connectivity index (χ4n) is 4.77. The van der Waals surface area contributed by atoms with E-state index < -0.39 is 26.1 Å². The standard InChI is InChI=1S/C30H31FN3O6P/c1-18-6-7-19(31)14-26(18)39-17-24-22(10-11-25-28(24)34(4)29(35)30(2,3)33-25)23-9-8-20(15-27(23)37-5)38-16-21(12-13-32)40-41-36/h6-11,14-15,21,33H,12,16-17H2,1-5H3. The maximum atomic E-state index is 14.0. The smallest absolute Gasteiger partial charge is 0.327 e. The van der Waals surface area contributed by atoms with Crippen LogP contribution in [0.2, 0.25) is 0 Å².